The van der Waals surface area contributed by atoms with Gasteiger partial charge < -0.3 is 5.21 Å². The first-order valence-electron chi connectivity index (χ1n) is 12.9. The van der Waals surface area contributed by atoms with Crippen LogP contribution in [0.15, 0.2) is 5.16 Å². The van der Waals surface area contributed by atoms with Gasteiger partial charge >= 0.3 is 0 Å². The van der Waals surface area contributed by atoms with Gasteiger partial charge in [-0.15, -0.1) is 0 Å². The van der Waals surface area contributed by atoms with Crippen LogP contribution in [0.4, 0.5) is 0 Å². The highest BCUT2D eigenvalue weighted by molar-refractivity contribution is 6.40. The number of oxime groups is 1. The van der Waals surface area contributed by atoms with Crippen LogP contribution in [-0.2, 0) is 4.79 Å². The summed E-state index contributed by atoms with van der Waals surface area (Å²) in [7, 11) is 0. The zero-order valence-electron chi connectivity index (χ0n) is 20.1. The highest BCUT2D eigenvalue weighted by Gasteiger charge is 2.61. The van der Waals surface area contributed by atoms with Gasteiger partial charge in [-0.3, -0.25) is 4.79 Å². The van der Waals surface area contributed by atoms with E-state index < -0.39 is 0 Å². The van der Waals surface area contributed by atoms with Gasteiger partial charge in [0.2, 0.25) is 0 Å². The topological polar surface area (TPSA) is 49.7 Å². The standard InChI is InChI=1S/C27H45NO2/c1-17(2)7-6-8-18(3)21-11-12-22-20-10-9-19-15-25(29)24(28-30)16-27(19,5)23(20)13-14-26(21,22)4/h17-23,30H,6-16H2,1-5H3/b28-24+/t18-,19+,20+,21-,22+,23+,26-,27+/m1/s1. The molecule has 4 aliphatic carbocycles. The van der Waals surface area contributed by atoms with E-state index in [1.54, 1.807) is 0 Å². The van der Waals surface area contributed by atoms with Gasteiger partial charge in [0.1, 0.15) is 5.71 Å². The fourth-order valence-corrected chi connectivity index (χ4v) is 9.06. The van der Waals surface area contributed by atoms with Crippen LogP contribution in [0, 0.1) is 52.3 Å². The fourth-order valence-electron chi connectivity index (χ4n) is 9.06. The quantitative estimate of drug-likeness (QED) is 0.384. The maximum Gasteiger partial charge on any atom is 0.180 e. The molecule has 0 aromatic heterocycles. The second-order valence-electron chi connectivity index (χ2n) is 12.5. The minimum absolute atomic E-state index is 0.0928. The molecule has 3 nitrogen and oxygen atoms in total. The molecular formula is C27H45NO2. The number of nitrogens with zero attached hydrogens (tertiary/aromatic N) is 1. The summed E-state index contributed by atoms with van der Waals surface area (Å²) in [4.78, 5) is 12.4. The third kappa shape index (κ3) is 3.56. The van der Waals surface area contributed by atoms with E-state index in [1.807, 2.05) is 0 Å². The number of hydrogen-bond donors (Lipinski definition) is 1. The lowest BCUT2D eigenvalue weighted by Crippen LogP contribution is -2.55. The minimum Gasteiger partial charge on any atom is -0.411 e. The van der Waals surface area contributed by atoms with Crippen molar-refractivity contribution >= 4 is 11.5 Å². The van der Waals surface area contributed by atoms with E-state index in [0.717, 1.165) is 29.6 Å². The van der Waals surface area contributed by atoms with E-state index in [-0.39, 0.29) is 11.2 Å². The number of hydrogen-bond acceptors (Lipinski definition) is 3. The van der Waals surface area contributed by atoms with Crippen molar-refractivity contribution in [3.8, 4) is 0 Å². The largest absolute Gasteiger partial charge is 0.411 e. The first-order chi connectivity index (χ1) is 14.2. The number of ketones is 1. The lowest BCUT2D eigenvalue weighted by molar-refractivity contribution is -0.127. The van der Waals surface area contributed by atoms with Crippen molar-refractivity contribution in [3.05, 3.63) is 0 Å². The van der Waals surface area contributed by atoms with Crippen molar-refractivity contribution in [1.29, 1.82) is 0 Å². The van der Waals surface area contributed by atoms with Crippen molar-refractivity contribution in [2.75, 3.05) is 0 Å². The van der Waals surface area contributed by atoms with E-state index in [1.165, 1.54) is 57.8 Å². The Morgan fingerprint density at radius 1 is 1.00 bits per heavy atom. The number of fused-ring (bicyclic) bond motifs is 5. The molecule has 4 aliphatic rings. The third-order valence-corrected chi connectivity index (χ3v) is 10.7. The van der Waals surface area contributed by atoms with Gasteiger partial charge in [-0.05, 0) is 90.8 Å². The number of carbonyl (C=O) groups is 1. The summed E-state index contributed by atoms with van der Waals surface area (Å²) in [5, 5.41) is 12.8. The average molecular weight is 416 g/mol. The Morgan fingerprint density at radius 3 is 2.43 bits per heavy atom. The molecule has 8 atom stereocenters. The zero-order valence-corrected chi connectivity index (χ0v) is 20.1. The van der Waals surface area contributed by atoms with Gasteiger partial charge in [-0.25, -0.2) is 0 Å². The van der Waals surface area contributed by atoms with Gasteiger partial charge in [0.15, 0.2) is 5.78 Å². The molecule has 1 N–H and O–H groups in total. The highest BCUT2D eigenvalue weighted by atomic mass is 16.4. The smallest absolute Gasteiger partial charge is 0.180 e. The summed E-state index contributed by atoms with van der Waals surface area (Å²) >= 11 is 0. The summed E-state index contributed by atoms with van der Waals surface area (Å²) in [6.45, 7) is 12.3. The van der Waals surface area contributed by atoms with Gasteiger partial charge in [0, 0.05) is 12.8 Å². The van der Waals surface area contributed by atoms with Gasteiger partial charge in [-0.1, -0.05) is 59.0 Å². The van der Waals surface area contributed by atoms with Crippen molar-refractivity contribution in [2.24, 2.45) is 57.4 Å². The van der Waals surface area contributed by atoms with Gasteiger partial charge in [0.25, 0.3) is 0 Å². The summed E-state index contributed by atoms with van der Waals surface area (Å²) in [5.41, 5.74) is 1.12. The molecule has 0 amide bonds. The van der Waals surface area contributed by atoms with Crippen LogP contribution >= 0.6 is 0 Å². The van der Waals surface area contributed by atoms with Crippen molar-refractivity contribution < 1.29 is 10.0 Å². The first kappa shape index (κ1) is 22.3. The summed E-state index contributed by atoms with van der Waals surface area (Å²) in [6, 6.07) is 0. The summed E-state index contributed by atoms with van der Waals surface area (Å²) in [5.74, 6) is 5.53. The number of rotatable bonds is 5. The Balaban J connectivity index is 1.50. The highest BCUT2D eigenvalue weighted by Crippen LogP contribution is 2.68. The molecule has 0 spiro atoms. The second kappa shape index (κ2) is 8.24. The Hall–Kier alpha value is -0.860. The lowest BCUT2D eigenvalue weighted by atomic mass is 9.44. The van der Waals surface area contributed by atoms with E-state index >= 15 is 0 Å². The molecule has 0 aliphatic heterocycles. The van der Waals surface area contributed by atoms with Crippen LogP contribution in [0.25, 0.3) is 0 Å². The first-order valence-corrected chi connectivity index (χ1v) is 12.9. The molecule has 0 aromatic rings. The van der Waals surface area contributed by atoms with Crippen LogP contribution in [0.1, 0.15) is 105 Å². The maximum absolute atomic E-state index is 12.4. The Bertz CT molecular complexity index is 684. The van der Waals surface area contributed by atoms with Crippen LogP contribution < -0.4 is 0 Å². The van der Waals surface area contributed by atoms with E-state index in [2.05, 4.69) is 39.8 Å². The number of Topliss-reactive ketones (excluding diaryl/α,β-unsaturated/α-hetero) is 1. The van der Waals surface area contributed by atoms with Crippen molar-refractivity contribution in [3.63, 3.8) is 0 Å². The normalized spacial score (nSPS) is 45.9. The molecule has 0 aromatic carbocycles. The molecule has 0 bridgehead atoms. The minimum atomic E-state index is 0.0928. The molecule has 0 heterocycles. The van der Waals surface area contributed by atoms with Crippen molar-refractivity contribution in [1.82, 2.24) is 0 Å². The summed E-state index contributed by atoms with van der Waals surface area (Å²) in [6.07, 6.45) is 13.5. The predicted molar refractivity (Wildman–Crippen MR) is 123 cm³/mol. The molecule has 30 heavy (non-hydrogen) atoms. The average Bonchev–Trinajstić information content (AvgIpc) is 3.05. The van der Waals surface area contributed by atoms with Gasteiger partial charge in [0.05, 0.1) is 0 Å². The molecule has 0 radical (unpaired) electrons. The predicted octanol–water partition coefficient (Wildman–Crippen LogP) is 7.12. The Kier molecular flexibility index (Phi) is 6.14. The van der Waals surface area contributed by atoms with Gasteiger partial charge in [-0.2, -0.15) is 0 Å². The zero-order chi connectivity index (χ0) is 21.7. The molecule has 0 saturated heterocycles. The van der Waals surface area contributed by atoms with E-state index in [4.69, 9.17) is 0 Å². The lowest BCUT2D eigenvalue weighted by Gasteiger charge is -2.60. The molecule has 4 saturated carbocycles. The monoisotopic (exact) mass is 415 g/mol. The van der Waals surface area contributed by atoms with Crippen LogP contribution in [-0.4, -0.2) is 16.7 Å². The molecule has 4 rings (SSSR count). The molecule has 170 valence electrons. The maximum atomic E-state index is 12.4. The van der Waals surface area contributed by atoms with E-state index in [0.29, 0.717) is 35.8 Å². The SMILES string of the molecule is CC(C)CCC[C@@H](C)[C@H]1CC[C@H]2[C@@H]3CC[C@H]4CC(=O)/C(=N/O)C[C@]4(C)[C@H]3CC[C@]12C. The Labute approximate surface area is 184 Å². The molecule has 3 heteroatoms. The summed E-state index contributed by atoms with van der Waals surface area (Å²) < 4.78 is 0. The second-order valence-corrected chi connectivity index (χ2v) is 12.5. The third-order valence-electron chi connectivity index (χ3n) is 10.7. The number of carbonyl (C=O) groups excluding carboxylic acids is 1. The van der Waals surface area contributed by atoms with Crippen LogP contribution in [0.3, 0.4) is 0 Å². The molecular weight excluding hydrogens is 370 g/mol. The molecule has 0 unspecified atom stereocenters. The van der Waals surface area contributed by atoms with E-state index in [9.17, 15) is 10.0 Å². The fraction of sp³-hybridized carbons (Fsp3) is 0.926. The molecule has 4 fully saturated rings. The van der Waals surface area contributed by atoms with Crippen LogP contribution in [0.2, 0.25) is 0 Å². The Morgan fingerprint density at radius 2 is 1.73 bits per heavy atom. The van der Waals surface area contributed by atoms with Crippen molar-refractivity contribution in [2.45, 2.75) is 105 Å². The van der Waals surface area contributed by atoms with Crippen LogP contribution in [0.5, 0.6) is 0 Å².